The molecule has 1 aliphatic heterocycles. The van der Waals surface area contributed by atoms with Gasteiger partial charge in [0, 0.05) is 17.3 Å². The van der Waals surface area contributed by atoms with Gasteiger partial charge in [-0.25, -0.2) is 4.98 Å². The van der Waals surface area contributed by atoms with Gasteiger partial charge in [-0.3, -0.25) is 9.69 Å². The second-order valence-electron chi connectivity index (χ2n) is 5.93. The molecule has 1 N–H and O–H groups in total. The minimum atomic E-state index is -0.352. The second kappa shape index (κ2) is 6.88. The SMILES string of the molecule is CCOc1ccccc1N[C@H]1c2ccccc2C(=O)N1c1ccccn1. The number of ether oxygens (including phenoxy) is 1. The third kappa shape index (κ3) is 2.77. The summed E-state index contributed by atoms with van der Waals surface area (Å²) in [4.78, 5) is 19.1. The quantitative estimate of drug-likeness (QED) is 0.751. The molecule has 0 radical (unpaired) electrons. The number of nitrogens with one attached hydrogen (secondary N) is 1. The summed E-state index contributed by atoms with van der Waals surface area (Å²) in [6.45, 7) is 2.52. The largest absolute Gasteiger partial charge is 0.492 e. The number of rotatable bonds is 5. The minimum Gasteiger partial charge on any atom is -0.492 e. The molecular weight excluding hydrogens is 326 g/mol. The van der Waals surface area contributed by atoms with E-state index in [1.54, 1.807) is 11.1 Å². The maximum absolute atomic E-state index is 13.0. The Bertz CT molecular complexity index is 927. The molecule has 5 nitrogen and oxygen atoms in total. The summed E-state index contributed by atoms with van der Waals surface area (Å²) in [5.41, 5.74) is 2.45. The Morgan fingerprint density at radius 2 is 1.81 bits per heavy atom. The van der Waals surface area contributed by atoms with Gasteiger partial charge in [-0.2, -0.15) is 0 Å². The lowest BCUT2D eigenvalue weighted by atomic mass is 10.1. The summed E-state index contributed by atoms with van der Waals surface area (Å²) in [7, 11) is 0. The number of hydrogen-bond donors (Lipinski definition) is 1. The molecule has 1 amide bonds. The van der Waals surface area contributed by atoms with Gasteiger partial charge in [0.15, 0.2) is 0 Å². The average molecular weight is 345 g/mol. The number of hydrogen-bond acceptors (Lipinski definition) is 4. The van der Waals surface area contributed by atoms with Crippen LogP contribution in [0, 0.1) is 0 Å². The Hall–Kier alpha value is -3.34. The molecule has 0 unspecified atom stereocenters. The van der Waals surface area contributed by atoms with Gasteiger partial charge in [0.1, 0.15) is 17.7 Å². The Kier molecular flexibility index (Phi) is 4.27. The third-order valence-corrected chi connectivity index (χ3v) is 4.34. The summed E-state index contributed by atoms with van der Waals surface area (Å²) < 4.78 is 5.72. The molecule has 0 bridgehead atoms. The zero-order valence-corrected chi connectivity index (χ0v) is 14.4. The molecule has 0 spiro atoms. The molecule has 1 atom stereocenters. The number of aromatic nitrogens is 1. The second-order valence-corrected chi connectivity index (χ2v) is 5.93. The fraction of sp³-hybridized carbons (Fsp3) is 0.143. The third-order valence-electron chi connectivity index (χ3n) is 4.34. The van der Waals surface area contributed by atoms with Gasteiger partial charge in [-0.05, 0) is 37.3 Å². The smallest absolute Gasteiger partial charge is 0.261 e. The minimum absolute atomic E-state index is 0.0642. The highest BCUT2D eigenvalue weighted by molar-refractivity contribution is 6.11. The van der Waals surface area contributed by atoms with Gasteiger partial charge in [-0.15, -0.1) is 0 Å². The van der Waals surface area contributed by atoms with Gasteiger partial charge in [0.05, 0.1) is 12.3 Å². The number of para-hydroxylation sites is 2. The highest BCUT2D eigenvalue weighted by Crippen LogP contribution is 2.38. The molecule has 2 aromatic carbocycles. The summed E-state index contributed by atoms with van der Waals surface area (Å²) in [5, 5.41) is 3.47. The van der Waals surface area contributed by atoms with Crippen molar-refractivity contribution in [3.05, 3.63) is 84.1 Å². The number of carbonyl (C=O) groups is 1. The van der Waals surface area contributed by atoms with E-state index in [0.717, 1.165) is 17.0 Å². The van der Waals surface area contributed by atoms with E-state index >= 15 is 0 Å². The van der Waals surface area contributed by atoms with Crippen LogP contribution >= 0.6 is 0 Å². The van der Waals surface area contributed by atoms with Gasteiger partial charge in [0.25, 0.3) is 5.91 Å². The molecule has 2 heterocycles. The van der Waals surface area contributed by atoms with Crippen LogP contribution in [0.1, 0.15) is 29.0 Å². The maximum atomic E-state index is 13.0. The monoisotopic (exact) mass is 345 g/mol. The number of benzene rings is 2. The zero-order chi connectivity index (χ0) is 17.9. The van der Waals surface area contributed by atoms with Crippen molar-refractivity contribution in [1.29, 1.82) is 0 Å². The molecule has 0 aliphatic carbocycles. The Balaban J connectivity index is 1.77. The van der Waals surface area contributed by atoms with Crippen molar-refractivity contribution in [3.63, 3.8) is 0 Å². The van der Waals surface area contributed by atoms with Crippen LogP contribution in [0.4, 0.5) is 11.5 Å². The number of amides is 1. The van der Waals surface area contributed by atoms with E-state index in [1.807, 2.05) is 73.7 Å². The fourth-order valence-corrected chi connectivity index (χ4v) is 3.21. The Morgan fingerprint density at radius 3 is 2.62 bits per heavy atom. The molecule has 3 aromatic rings. The lowest BCUT2D eigenvalue weighted by Gasteiger charge is -2.27. The predicted octanol–water partition coefficient (Wildman–Crippen LogP) is 4.25. The average Bonchev–Trinajstić information content (AvgIpc) is 2.96. The first-order valence-corrected chi connectivity index (χ1v) is 8.61. The molecule has 4 rings (SSSR count). The van der Waals surface area contributed by atoms with Gasteiger partial charge < -0.3 is 10.1 Å². The highest BCUT2D eigenvalue weighted by Gasteiger charge is 2.38. The lowest BCUT2D eigenvalue weighted by molar-refractivity contribution is 0.0992. The van der Waals surface area contributed by atoms with Gasteiger partial charge >= 0.3 is 0 Å². The summed E-state index contributed by atoms with van der Waals surface area (Å²) in [6.07, 6.45) is 1.34. The van der Waals surface area contributed by atoms with E-state index in [9.17, 15) is 4.79 Å². The molecule has 26 heavy (non-hydrogen) atoms. The predicted molar refractivity (Wildman–Crippen MR) is 101 cm³/mol. The van der Waals surface area contributed by atoms with Crippen LogP contribution in [0.3, 0.4) is 0 Å². The number of fused-ring (bicyclic) bond motifs is 1. The Morgan fingerprint density at radius 1 is 1.04 bits per heavy atom. The van der Waals surface area contributed by atoms with E-state index in [1.165, 1.54) is 0 Å². The van der Waals surface area contributed by atoms with Gasteiger partial charge in [0.2, 0.25) is 0 Å². The van der Waals surface area contributed by atoms with Crippen molar-refractivity contribution in [2.24, 2.45) is 0 Å². The number of pyridine rings is 1. The summed E-state index contributed by atoms with van der Waals surface area (Å²) in [6, 6.07) is 20.9. The fourth-order valence-electron chi connectivity index (χ4n) is 3.21. The van der Waals surface area contributed by atoms with E-state index < -0.39 is 0 Å². The maximum Gasteiger partial charge on any atom is 0.261 e. The van der Waals surface area contributed by atoms with Crippen LogP contribution in [-0.2, 0) is 0 Å². The molecule has 0 saturated carbocycles. The van der Waals surface area contributed by atoms with Crippen LogP contribution < -0.4 is 15.0 Å². The van der Waals surface area contributed by atoms with Crippen molar-refractivity contribution in [2.75, 3.05) is 16.8 Å². The van der Waals surface area contributed by atoms with Crippen LogP contribution in [0.2, 0.25) is 0 Å². The van der Waals surface area contributed by atoms with Gasteiger partial charge in [-0.1, -0.05) is 36.4 Å². The normalized spacial score (nSPS) is 15.7. The van der Waals surface area contributed by atoms with Crippen LogP contribution in [0.15, 0.2) is 72.9 Å². The van der Waals surface area contributed by atoms with Crippen LogP contribution in [0.5, 0.6) is 5.75 Å². The summed E-state index contributed by atoms with van der Waals surface area (Å²) >= 11 is 0. The molecule has 0 saturated heterocycles. The van der Waals surface area contributed by atoms with Crippen molar-refractivity contribution in [1.82, 2.24) is 4.98 Å². The van der Waals surface area contributed by atoms with E-state index in [2.05, 4.69) is 10.3 Å². The lowest BCUT2D eigenvalue weighted by Crippen LogP contribution is -2.33. The molecule has 1 aromatic heterocycles. The number of nitrogens with zero attached hydrogens (tertiary/aromatic N) is 2. The first kappa shape index (κ1) is 16.1. The van der Waals surface area contributed by atoms with Crippen LogP contribution in [0.25, 0.3) is 0 Å². The van der Waals surface area contributed by atoms with Crippen molar-refractivity contribution in [3.8, 4) is 5.75 Å². The van der Waals surface area contributed by atoms with Crippen molar-refractivity contribution in [2.45, 2.75) is 13.1 Å². The van der Waals surface area contributed by atoms with E-state index in [0.29, 0.717) is 18.0 Å². The first-order chi connectivity index (χ1) is 12.8. The van der Waals surface area contributed by atoms with E-state index in [-0.39, 0.29) is 12.1 Å². The van der Waals surface area contributed by atoms with Crippen molar-refractivity contribution >= 4 is 17.4 Å². The highest BCUT2D eigenvalue weighted by atomic mass is 16.5. The topological polar surface area (TPSA) is 54.5 Å². The molecule has 1 aliphatic rings. The van der Waals surface area contributed by atoms with Crippen LogP contribution in [-0.4, -0.2) is 17.5 Å². The molecule has 130 valence electrons. The zero-order valence-electron chi connectivity index (χ0n) is 14.4. The molecular formula is C21H19N3O2. The molecule has 5 heteroatoms. The van der Waals surface area contributed by atoms with E-state index in [4.69, 9.17) is 4.74 Å². The Labute approximate surface area is 152 Å². The van der Waals surface area contributed by atoms with Crippen molar-refractivity contribution < 1.29 is 9.53 Å². The number of carbonyl (C=O) groups excluding carboxylic acids is 1. The molecule has 0 fully saturated rings. The first-order valence-electron chi connectivity index (χ1n) is 8.61. The standard InChI is InChI=1S/C21H19N3O2/c1-2-26-18-12-6-5-11-17(18)23-20-15-9-3-4-10-16(15)21(25)24(20)19-13-7-8-14-22-19/h3-14,20,23H,2H2,1H3/t20-/m1/s1. The number of anilines is 2. The summed E-state index contributed by atoms with van der Waals surface area (Å²) in [5.74, 6) is 1.30.